The van der Waals surface area contributed by atoms with Gasteiger partial charge >= 0.3 is 0 Å². The molecule has 0 fully saturated rings. The van der Waals surface area contributed by atoms with Crippen molar-refractivity contribution in [3.63, 3.8) is 0 Å². The Morgan fingerprint density at radius 2 is 2.11 bits per heavy atom. The van der Waals surface area contributed by atoms with Crippen LogP contribution in [0.1, 0.15) is 11.1 Å². The molecule has 28 heavy (non-hydrogen) atoms. The van der Waals surface area contributed by atoms with E-state index in [0.717, 1.165) is 16.5 Å². The van der Waals surface area contributed by atoms with E-state index in [1.807, 2.05) is 25.1 Å². The molecule has 0 unspecified atom stereocenters. The highest BCUT2D eigenvalue weighted by atomic mass is 35.5. The van der Waals surface area contributed by atoms with Crippen LogP contribution in [0.5, 0.6) is 0 Å². The van der Waals surface area contributed by atoms with Gasteiger partial charge in [-0.3, -0.25) is 14.2 Å². The molecule has 0 radical (unpaired) electrons. The Labute approximate surface area is 164 Å². The molecule has 0 spiro atoms. The lowest BCUT2D eigenvalue weighted by Gasteiger charge is -2.08. The molecule has 2 N–H and O–H groups in total. The molecule has 2 aromatic heterocycles. The van der Waals surface area contributed by atoms with Crippen LogP contribution in [0.15, 0.2) is 47.5 Å². The van der Waals surface area contributed by atoms with Gasteiger partial charge in [-0.2, -0.15) is 0 Å². The molecule has 0 aliphatic heterocycles. The third-order valence-electron chi connectivity index (χ3n) is 4.53. The molecule has 0 aliphatic carbocycles. The molecule has 8 heteroatoms. The monoisotopic (exact) mass is 398 g/mol. The minimum atomic E-state index is -0.445. The number of hydrogen-bond acceptors (Lipinski definition) is 3. The fourth-order valence-corrected chi connectivity index (χ4v) is 3.32. The molecule has 2 heterocycles. The van der Waals surface area contributed by atoms with Crippen LogP contribution in [-0.4, -0.2) is 20.4 Å². The number of nitrogens with one attached hydrogen (secondary N) is 2. The zero-order valence-corrected chi connectivity index (χ0v) is 15.7. The van der Waals surface area contributed by atoms with Gasteiger partial charge in [-0.15, -0.1) is 0 Å². The normalized spacial score (nSPS) is 11.2. The van der Waals surface area contributed by atoms with Crippen LogP contribution in [0, 0.1) is 12.7 Å². The Hall–Kier alpha value is -3.19. The number of halogens is 2. The summed E-state index contributed by atoms with van der Waals surface area (Å²) in [5.41, 5.74) is 3.09. The first-order valence-corrected chi connectivity index (χ1v) is 8.98. The second kappa shape index (κ2) is 7.09. The topological polar surface area (TPSA) is 79.8 Å². The first-order valence-electron chi connectivity index (χ1n) is 8.60. The van der Waals surface area contributed by atoms with Crippen LogP contribution in [0.2, 0.25) is 5.02 Å². The van der Waals surface area contributed by atoms with Gasteiger partial charge in [0.15, 0.2) is 0 Å². The van der Waals surface area contributed by atoms with Crippen LogP contribution in [0.3, 0.4) is 0 Å². The number of rotatable bonds is 4. The maximum atomic E-state index is 13.1. The second-order valence-corrected chi connectivity index (χ2v) is 6.99. The van der Waals surface area contributed by atoms with E-state index in [9.17, 15) is 14.0 Å². The molecule has 6 nitrogen and oxygen atoms in total. The molecule has 4 rings (SSSR count). The molecular formula is C20H16ClFN4O2. The molecule has 0 saturated carbocycles. The average Bonchev–Trinajstić information content (AvgIpc) is 3.02. The van der Waals surface area contributed by atoms with E-state index in [1.165, 1.54) is 29.1 Å². The standard InChI is InChI=1S/C20H16ClFN4O2/c1-11-2-5-16-14(6-11)18-19(25-16)20(28)26(10-24-18)9-17(27)23-8-12-3-4-13(22)7-15(12)21/h2-7,10,25H,8-9H2,1H3,(H,23,27). The first kappa shape index (κ1) is 18.2. The molecular weight excluding hydrogens is 383 g/mol. The summed E-state index contributed by atoms with van der Waals surface area (Å²) in [6, 6.07) is 9.77. The lowest BCUT2D eigenvalue weighted by atomic mass is 10.2. The number of hydrogen-bond donors (Lipinski definition) is 2. The van der Waals surface area contributed by atoms with Crippen LogP contribution < -0.4 is 10.9 Å². The number of fused-ring (bicyclic) bond motifs is 3. The van der Waals surface area contributed by atoms with Gasteiger partial charge < -0.3 is 10.3 Å². The van der Waals surface area contributed by atoms with E-state index >= 15 is 0 Å². The predicted molar refractivity (Wildman–Crippen MR) is 106 cm³/mol. The van der Waals surface area contributed by atoms with Crippen LogP contribution in [-0.2, 0) is 17.9 Å². The summed E-state index contributed by atoms with van der Waals surface area (Å²) in [5, 5.41) is 3.77. The number of aromatic amines is 1. The Kier molecular flexibility index (Phi) is 4.60. The van der Waals surface area contributed by atoms with E-state index in [1.54, 1.807) is 0 Å². The van der Waals surface area contributed by atoms with Gasteiger partial charge in [0.25, 0.3) is 5.56 Å². The third kappa shape index (κ3) is 3.36. The van der Waals surface area contributed by atoms with Crippen molar-refractivity contribution in [2.24, 2.45) is 0 Å². The van der Waals surface area contributed by atoms with Crippen molar-refractivity contribution in [3.05, 3.63) is 75.0 Å². The Morgan fingerprint density at radius 3 is 2.89 bits per heavy atom. The van der Waals surface area contributed by atoms with Gasteiger partial charge in [-0.05, 0) is 36.8 Å². The van der Waals surface area contributed by atoms with E-state index in [4.69, 9.17) is 11.6 Å². The molecule has 0 aliphatic rings. The fraction of sp³-hybridized carbons (Fsp3) is 0.150. The van der Waals surface area contributed by atoms with Crippen molar-refractivity contribution < 1.29 is 9.18 Å². The summed E-state index contributed by atoms with van der Waals surface area (Å²) in [6.07, 6.45) is 1.37. The maximum Gasteiger partial charge on any atom is 0.278 e. The quantitative estimate of drug-likeness (QED) is 0.553. The minimum Gasteiger partial charge on any atom is -0.350 e. The number of aryl methyl sites for hydroxylation is 1. The number of nitrogens with zero attached hydrogens (tertiary/aromatic N) is 2. The highest BCUT2D eigenvalue weighted by Crippen LogP contribution is 2.22. The van der Waals surface area contributed by atoms with Crippen LogP contribution in [0.25, 0.3) is 21.9 Å². The van der Waals surface area contributed by atoms with Gasteiger partial charge in [-0.25, -0.2) is 9.37 Å². The smallest absolute Gasteiger partial charge is 0.278 e. The zero-order chi connectivity index (χ0) is 19.8. The number of amides is 1. The van der Waals surface area contributed by atoms with Crippen LogP contribution in [0.4, 0.5) is 4.39 Å². The maximum absolute atomic E-state index is 13.1. The van der Waals surface area contributed by atoms with Crippen molar-refractivity contribution in [2.45, 2.75) is 20.0 Å². The summed E-state index contributed by atoms with van der Waals surface area (Å²) < 4.78 is 14.3. The van der Waals surface area contributed by atoms with Crippen molar-refractivity contribution in [2.75, 3.05) is 0 Å². The van der Waals surface area contributed by atoms with Gasteiger partial charge in [0, 0.05) is 22.5 Å². The number of carbonyl (C=O) groups is 1. The van der Waals surface area contributed by atoms with Crippen molar-refractivity contribution >= 4 is 39.4 Å². The molecule has 0 bridgehead atoms. The van der Waals surface area contributed by atoms with Crippen molar-refractivity contribution in [1.29, 1.82) is 0 Å². The summed E-state index contributed by atoms with van der Waals surface area (Å²) >= 11 is 5.95. The van der Waals surface area contributed by atoms with Gasteiger partial charge in [0.2, 0.25) is 5.91 Å². The van der Waals surface area contributed by atoms with Crippen molar-refractivity contribution in [3.8, 4) is 0 Å². The van der Waals surface area contributed by atoms with Crippen molar-refractivity contribution in [1.82, 2.24) is 19.9 Å². The fourth-order valence-electron chi connectivity index (χ4n) is 3.09. The SMILES string of the molecule is Cc1ccc2[nH]c3c(=O)n(CC(=O)NCc4ccc(F)cc4Cl)cnc3c2c1. The molecule has 0 saturated heterocycles. The van der Waals surface area contributed by atoms with Gasteiger partial charge in [0.05, 0.1) is 6.33 Å². The summed E-state index contributed by atoms with van der Waals surface area (Å²) in [7, 11) is 0. The zero-order valence-electron chi connectivity index (χ0n) is 14.9. The van der Waals surface area contributed by atoms with E-state index in [0.29, 0.717) is 16.6 Å². The molecule has 2 aromatic carbocycles. The largest absolute Gasteiger partial charge is 0.350 e. The molecule has 1 amide bonds. The minimum absolute atomic E-state index is 0.133. The first-order chi connectivity index (χ1) is 13.4. The third-order valence-corrected chi connectivity index (χ3v) is 4.88. The van der Waals surface area contributed by atoms with Crippen LogP contribution >= 0.6 is 11.6 Å². The lowest BCUT2D eigenvalue weighted by molar-refractivity contribution is -0.121. The predicted octanol–water partition coefficient (Wildman–Crippen LogP) is 3.30. The average molecular weight is 399 g/mol. The van der Waals surface area contributed by atoms with E-state index in [2.05, 4.69) is 15.3 Å². The second-order valence-electron chi connectivity index (χ2n) is 6.59. The Bertz CT molecular complexity index is 1280. The van der Waals surface area contributed by atoms with E-state index < -0.39 is 5.82 Å². The number of H-pyrrole nitrogens is 1. The molecule has 142 valence electrons. The highest BCUT2D eigenvalue weighted by molar-refractivity contribution is 6.31. The number of aromatic nitrogens is 3. The number of carbonyl (C=O) groups excluding carboxylic acids is 1. The molecule has 4 aromatic rings. The summed E-state index contributed by atoms with van der Waals surface area (Å²) in [6.45, 7) is 1.92. The van der Waals surface area contributed by atoms with E-state index in [-0.39, 0.29) is 29.6 Å². The number of benzene rings is 2. The highest BCUT2D eigenvalue weighted by Gasteiger charge is 2.13. The Balaban J connectivity index is 1.55. The lowest BCUT2D eigenvalue weighted by Crippen LogP contribution is -2.32. The van der Waals surface area contributed by atoms with Gasteiger partial charge in [-0.1, -0.05) is 29.3 Å². The summed E-state index contributed by atoms with van der Waals surface area (Å²) in [5.74, 6) is -0.824. The summed E-state index contributed by atoms with van der Waals surface area (Å²) in [4.78, 5) is 32.4. The Morgan fingerprint density at radius 1 is 1.29 bits per heavy atom. The molecule has 0 atom stereocenters. The van der Waals surface area contributed by atoms with Gasteiger partial charge in [0.1, 0.15) is 23.4 Å².